The average Bonchev–Trinajstić information content (AvgIpc) is 3.16. The Morgan fingerprint density at radius 2 is 1.77 bits per heavy atom. The van der Waals surface area contributed by atoms with E-state index in [0.717, 1.165) is 42.9 Å². The Balaban J connectivity index is 1.58. The Morgan fingerprint density at radius 1 is 1.08 bits per heavy atom. The number of nitrogens with one attached hydrogen (secondary N) is 1. The Labute approximate surface area is 153 Å². The smallest absolute Gasteiger partial charge is 0.339 e. The molecule has 2 aliphatic rings. The zero-order valence-corrected chi connectivity index (χ0v) is 14.8. The van der Waals surface area contributed by atoms with Crippen LogP contribution in [0.5, 0.6) is 0 Å². The summed E-state index contributed by atoms with van der Waals surface area (Å²) in [6.07, 6.45) is 2.69. The van der Waals surface area contributed by atoms with Gasteiger partial charge in [-0.2, -0.15) is 0 Å². The predicted octanol–water partition coefficient (Wildman–Crippen LogP) is 3.40. The van der Waals surface area contributed by atoms with Gasteiger partial charge in [0.05, 0.1) is 16.9 Å². The van der Waals surface area contributed by atoms with E-state index in [-0.39, 0.29) is 5.91 Å². The van der Waals surface area contributed by atoms with Gasteiger partial charge in [-0.05, 0) is 43.5 Å². The van der Waals surface area contributed by atoms with Crippen molar-refractivity contribution in [2.45, 2.75) is 31.8 Å². The molecular formula is C21H22N2O3. The molecule has 1 N–H and O–H groups in total. The van der Waals surface area contributed by atoms with E-state index in [1.807, 2.05) is 36.4 Å². The second kappa shape index (κ2) is 6.48. The molecule has 1 fully saturated rings. The summed E-state index contributed by atoms with van der Waals surface area (Å²) in [5.41, 5.74) is 1.94. The number of esters is 1. The number of ether oxygens (including phenoxy) is 1. The lowest BCUT2D eigenvalue weighted by Crippen LogP contribution is -2.49. The third-order valence-corrected chi connectivity index (χ3v) is 5.16. The molecule has 0 aromatic heterocycles. The first kappa shape index (κ1) is 16.6. The molecule has 0 aliphatic carbocycles. The number of benzene rings is 2. The van der Waals surface area contributed by atoms with E-state index >= 15 is 0 Å². The van der Waals surface area contributed by atoms with Crippen LogP contribution in [0.3, 0.4) is 0 Å². The molecule has 2 aliphatic heterocycles. The van der Waals surface area contributed by atoms with Gasteiger partial charge in [0, 0.05) is 19.5 Å². The lowest BCUT2D eigenvalue weighted by Gasteiger charge is -2.33. The van der Waals surface area contributed by atoms with Gasteiger partial charge in [0.2, 0.25) is 0 Å². The minimum absolute atomic E-state index is 0.299. The van der Waals surface area contributed by atoms with Crippen LogP contribution in [0.15, 0.2) is 48.5 Å². The highest BCUT2D eigenvalue weighted by Gasteiger charge is 2.42. The van der Waals surface area contributed by atoms with Crippen molar-refractivity contribution in [3.05, 3.63) is 59.7 Å². The minimum Gasteiger partial charge on any atom is -0.445 e. The molecule has 1 unspecified atom stereocenters. The highest BCUT2D eigenvalue weighted by molar-refractivity contribution is 6.03. The van der Waals surface area contributed by atoms with Crippen molar-refractivity contribution in [2.75, 3.05) is 23.3 Å². The first-order valence-electron chi connectivity index (χ1n) is 9.03. The Hall–Kier alpha value is -2.82. The normalized spacial score (nSPS) is 21.9. The van der Waals surface area contributed by atoms with E-state index in [1.54, 1.807) is 19.1 Å². The maximum absolute atomic E-state index is 13.0. The number of carbonyl (C=O) groups excluding carboxylic acids is 2. The van der Waals surface area contributed by atoms with Crippen LogP contribution in [-0.2, 0) is 16.0 Å². The van der Waals surface area contributed by atoms with Crippen LogP contribution in [0.25, 0.3) is 0 Å². The SMILES string of the molecule is CC1(C(=O)Nc2ccccc2N2CCCC2)Cc2ccccc2C(=O)O1. The van der Waals surface area contributed by atoms with Gasteiger partial charge >= 0.3 is 5.97 Å². The largest absolute Gasteiger partial charge is 0.445 e. The molecule has 2 aromatic rings. The first-order chi connectivity index (χ1) is 12.6. The molecule has 1 saturated heterocycles. The lowest BCUT2D eigenvalue weighted by atomic mass is 9.89. The second-order valence-corrected chi connectivity index (χ2v) is 7.12. The van der Waals surface area contributed by atoms with E-state index in [1.165, 1.54) is 0 Å². The van der Waals surface area contributed by atoms with Gasteiger partial charge in [0.1, 0.15) is 0 Å². The zero-order chi connectivity index (χ0) is 18.1. The van der Waals surface area contributed by atoms with Crippen LogP contribution in [-0.4, -0.2) is 30.6 Å². The van der Waals surface area contributed by atoms with E-state index in [9.17, 15) is 9.59 Å². The van der Waals surface area contributed by atoms with E-state index in [2.05, 4.69) is 10.2 Å². The standard InChI is InChI=1S/C21H22N2O3/c1-21(14-15-8-2-3-9-16(15)19(24)26-21)20(25)22-17-10-4-5-11-18(17)23-12-6-7-13-23/h2-5,8-11H,6-7,12-14H2,1H3,(H,22,25). The molecule has 0 bridgehead atoms. The first-order valence-corrected chi connectivity index (χ1v) is 9.03. The van der Waals surface area contributed by atoms with Crippen molar-refractivity contribution in [1.82, 2.24) is 0 Å². The second-order valence-electron chi connectivity index (χ2n) is 7.12. The number of nitrogens with zero attached hydrogens (tertiary/aromatic N) is 1. The van der Waals surface area contributed by atoms with Crippen LogP contribution in [0.1, 0.15) is 35.7 Å². The fourth-order valence-corrected chi connectivity index (χ4v) is 3.73. The average molecular weight is 350 g/mol. The number of para-hydroxylation sites is 2. The summed E-state index contributed by atoms with van der Waals surface area (Å²) in [6.45, 7) is 3.66. The summed E-state index contributed by atoms with van der Waals surface area (Å²) < 4.78 is 5.54. The highest BCUT2D eigenvalue weighted by atomic mass is 16.6. The minimum atomic E-state index is -1.22. The lowest BCUT2D eigenvalue weighted by molar-refractivity contribution is -0.134. The molecular weight excluding hydrogens is 328 g/mol. The van der Waals surface area contributed by atoms with Gasteiger partial charge < -0.3 is 15.0 Å². The number of anilines is 2. The van der Waals surface area contributed by atoms with Gasteiger partial charge in [-0.25, -0.2) is 4.79 Å². The van der Waals surface area contributed by atoms with Crippen LogP contribution in [0.2, 0.25) is 0 Å². The Bertz CT molecular complexity index is 858. The monoisotopic (exact) mass is 350 g/mol. The highest BCUT2D eigenvalue weighted by Crippen LogP contribution is 2.32. The summed E-state index contributed by atoms with van der Waals surface area (Å²) in [5.74, 6) is -0.746. The molecule has 1 amide bonds. The number of carbonyl (C=O) groups is 2. The maximum atomic E-state index is 13.0. The van der Waals surface area contributed by atoms with Gasteiger partial charge in [-0.15, -0.1) is 0 Å². The molecule has 0 spiro atoms. The van der Waals surface area contributed by atoms with Crippen molar-refractivity contribution < 1.29 is 14.3 Å². The van der Waals surface area contributed by atoms with E-state index in [4.69, 9.17) is 4.74 Å². The van der Waals surface area contributed by atoms with Crippen LogP contribution >= 0.6 is 0 Å². The number of hydrogen-bond acceptors (Lipinski definition) is 4. The third-order valence-electron chi connectivity index (χ3n) is 5.16. The summed E-state index contributed by atoms with van der Waals surface area (Å²) in [5, 5.41) is 2.99. The molecule has 5 heteroatoms. The molecule has 2 aromatic carbocycles. The Morgan fingerprint density at radius 3 is 2.58 bits per heavy atom. The molecule has 5 nitrogen and oxygen atoms in total. The number of hydrogen-bond donors (Lipinski definition) is 1. The number of amides is 1. The van der Waals surface area contributed by atoms with Gasteiger partial charge in [-0.1, -0.05) is 30.3 Å². The fraction of sp³-hybridized carbons (Fsp3) is 0.333. The van der Waals surface area contributed by atoms with Crippen molar-refractivity contribution in [1.29, 1.82) is 0 Å². The van der Waals surface area contributed by atoms with Gasteiger partial charge in [0.15, 0.2) is 5.60 Å². The van der Waals surface area contributed by atoms with Crippen molar-refractivity contribution >= 4 is 23.3 Å². The van der Waals surface area contributed by atoms with E-state index in [0.29, 0.717) is 12.0 Å². The van der Waals surface area contributed by atoms with Crippen molar-refractivity contribution in [3.8, 4) is 0 Å². The fourth-order valence-electron chi connectivity index (χ4n) is 3.73. The summed E-state index contributed by atoms with van der Waals surface area (Å²) in [4.78, 5) is 27.6. The van der Waals surface area contributed by atoms with Crippen LogP contribution in [0.4, 0.5) is 11.4 Å². The number of rotatable bonds is 3. The number of fused-ring (bicyclic) bond motifs is 1. The maximum Gasteiger partial charge on any atom is 0.339 e. The molecule has 26 heavy (non-hydrogen) atoms. The molecule has 1 atom stereocenters. The van der Waals surface area contributed by atoms with E-state index < -0.39 is 11.6 Å². The summed E-state index contributed by atoms with van der Waals surface area (Å²) >= 11 is 0. The van der Waals surface area contributed by atoms with Gasteiger partial charge in [-0.3, -0.25) is 4.79 Å². The van der Waals surface area contributed by atoms with Gasteiger partial charge in [0.25, 0.3) is 5.91 Å². The van der Waals surface area contributed by atoms with Crippen molar-refractivity contribution in [3.63, 3.8) is 0 Å². The molecule has 0 saturated carbocycles. The summed E-state index contributed by atoms with van der Waals surface area (Å²) in [6, 6.07) is 15.1. The topological polar surface area (TPSA) is 58.6 Å². The molecule has 134 valence electrons. The third kappa shape index (κ3) is 2.94. The quantitative estimate of drug-likeness (QED) is 0.862. The van der Waals surface area contributed by atoms with Crippen LogP contribution < -0.4 is 10.2 Å². The molecule has 2 heterocycles. The molecule has 4 rings (SSSR count). The number of cyclic esters (lactones) is 1. The molecule has 0 radical (unpaired) electrons. The van der Waals surface area contributed by atoms with Crippen LogP contribution in [0, 0.1) is 0 Å². The van der Waals surface area contributed by atoms with Crippen molar-refractivity contribution in [2.24, 2.45) is 0 Å². The Kier molecular flexibility index (Phi) is 4.15. The predicted molar refractivity (Wildman–Crippen MR) is 100 cm³/mol. The zero-order valence-electron chi connectivity index (χ0n) is 14.8. The summed E-state index contributed by atoms with van der Waals surface area (Å²) in [7, 11) is 0.